The zero-order valence-electron chi connectivity index (χ0n) is 9.06. The van der Waals surface area contributed by atoms with Gasteiger partial charge in [0.1, 0.15) is 5.75 Å². The molecular formula is C8H11N2NaO4S. The van der Waals surface area contributed by atoms with E-state index in [1.165, 1.54) is 0 Å². The van der Waals surface area contributed by atoms with Gasteiger partial charge < -0.3 is 9.29 Å². The molecule has 0 saturated carbocycles. The molecule has 1 rings (SSSR count). The first-order chi connectivity index (χ1) is 7.01. The Bertz CT molecular complexity index is 407. The molecule has 0 aliphatic heterocycles. The first-order valence-electron chi connectivity index (χ1n) is 4.09. The van der Waals surface area contributed by atoms with Gasteiger partial charge in [0.15, 0.2) is 10.3 Å². The van der Waals surface area contributed by atoms with Crippen molar-refractivity contribution < 1.29 is 47.3 Å². The van der Waals surface area contributed by atoms with E-state index in [2.05, 4.69) is 5.43 Å². The van der Waals surface area contributed by atoms with Gasteiger partial charge in [-0.3, -0.25) is 0 Å². The SMILES string of the molecule is COc1ccc(CNNS(=O)(=O)[O-])cc1.[Na+]. The molecular weight excluding hydrogens is 243 g/mol. The fourth-order valence-corrected chi connectivity index (χ4v) is 1.22. The summed E-state index contributed by atoms with van der Waals surface area (Å²) in [6, 6.07) is 6.99. The van der Waals surface area contributed by atoms with Crippen LogP contribution in [0.15, 0.2) is 24.3 Å². The van der Waals surface area contributed by atoms with E-state index < -0.39 is 10.3 Å². The molecule has 6 nitrogen and oxygen atoms in total. The smallest absolute Gasteiger partial charge is 0.735 e. The van der Waals surface area contributed by atoms with Crippen LogP contribution in [-0.2, 0) is 16.8 Å². The molecule has 16 heavy (non-hydrogen) atoms. The fourth-order valence-electron chi connectivity index (χ4n) is 0.970. The maximum absolute atomic E-state index is 10.2. The molecule has 0 spiro atoms. The Morgan fingerprint density at radius 1 is 1.31 bits per heavy atom. The summed E-state index contributed by atoms with van der Waals surface area (Å²) in [7, 11) is -2.89. The molecule has 0 amide bonds. The van der Waals surface area contributed by atoms with Crippen molar-refractivity contribution in [3.8, 4) is 5.75 Å². The second kappa shape index (κ2) is 7.23. The van der Waals surface area contributed by atoms with Crippen LogP contribution in [0.25, 0.3) is 0 Å². The van der Waals surface area contributed by atoms with Crippen molar-refractivity contribution in [1.29, 1.82) is 0 Å². The van der Waals surface area contributed by atoms with Gasteiger partial charge in [-0.15, -0.1) is 0 Å². The van der Waals surface area contributed by atoms with E-state index in [-0.39, 0.29) is 36.1 Å². The molecule has 1 aromatic rings. The van der Waals surface area contributed by atoms with Crippen LogP contribution < -0.4 is 44.6 Å². The number of nitrogens with one attached hydrogen (secondary N) is 2. The second-order valence-corrected chi connectivity index (χ2v) is 3.87. The number of methoxy groups -OCH3 is 1. The number of hydrogen-bond acceptors (Lipinski definition) is 5. The van der Waals surface area contributed by atoms with E-state index in [1.807, 2.05) is 0 Å². The van der Waals surface area contributed by atoms with Crippen molar-refractivity contribution in [2.45, 2.75) is 6.54 Å². The van der Waals surface area contributed by atoms with Crippen LogP contribution in [0.4, 0.5) is 0 Å². The van der Waals surface area contributed by atoms with Crippen LogP contribution in [0.1, 0.15) is 5.56 Å². The van der Waals surface area contributed by atoms with E-state index in [9.17, 15) is 13.0 Å². The molecule has 0 aromatic heterocycles. The van der Waals surface area contributed by atoms with Crippen LogP contribution in [0, 0.1) is 0 Å². The average molecular weight is 254 g/mol. The molecule has 0 aliphatic carbocycles. The van der Waals surface area contributed by atoms with Crippen LogP contribution >= 0.6 is 0 Å². The molecule has 0 radical (unpaired) electrons. The largest absolute Gasteiger partial charge is 1.00 e. The Labute approximate surface area is 117 Å². The van der Waals surface area contributed by atoms with Crippen molar-refractivity contribution in [3.05, 3.63) is 29.8 Å². The zero-order valence-corrected chi connectivity index (χ0v) is 11.9. The van der Waals surface area contributed by atoms with Crippen molar-refractivity contribution >= 4 is 10.3 Å². The molecule has 84 valence electrons. The summed E-state index contributed by atoms with van der Waals surface area (Å²) in [5, 5.41) is 0. The topological polar surface area (TPSA) is 90.5 Å². The van der Waals surface area contributed by atoms with E-state index in [0.717, 1.165) is 5.56 Å². The number of hydrazine groups is 1. The molecule has 0 aliphatic rings. The number of ether oxygens (including phenoxy) is 1. The molecule has 0 fully saturated rings. The number of benzene rings is 1. The van der Waals surface area contributed by atoms with Crippen molar-refractivity contribution in [2.75, 3.05) is 7.11 Å². The average Bonchev–Trinajstić information content (AvgIpc) is 2.17. The first kappa shape index (κ1) is 15.9. The monoisotopic (exact) mass is 254 g/mol. The van der Waals surface area contributed by atoms with Crippen LogP contribution in [-0.4, -0.2) is 20.1 Å². The molecule has 2 N–H and O–H groups in total. The van der Waals surface area contributed by atoms with Gasteiger partial charge in [0.2, 0.25) is 0 Å². The third-order valence-electron chi connectivity index (χ3n) is 1.65. The quantitative estimate of drug-likeness (QED) is 0.327. The Balaban J connectivity index is 0.00000225. The van der Waals surface area contributed by atoms with Crippen molar-refractivity contribution in [1.82, 2.24) is 10.3 Å². The second-order valence-electron chi connectivity index (χ2n) is 2.76. The summed E-state index contributed by atoms with van der Waals surface area (Å²) in [6.45, 7) is 0.228. The third kappa shape index (κ3) is 6.44. The predicted molar refractivity (Wildman–Crippen MR) is 52.7 cm³/mol. The van der Waals surface area contributed by atoms with Crippen LogP contribution in [0.2, 0.25) is 0 Å². The minimum absolute atomic E-state index is 0. The van der Waals surface area contributed by atoms with E-state index in [4.69, 9.17) is 4.74 Å². The maximum atomic E-state index is 10.2. The zero-order chi connectivity index (χ0) is 11.3. The van der Waals surface area contributed by atoms with Gasteiger partial charge >= 0.3 is 29.6 Å². The fraction of sp³-hybridized carbons (Fsp3) is 0.250. The summed E-state index contributed by atoms with van der Waals surface area (Å²) in [5.41, 5.74) is 3.11. The Morgan fingerprint density at radius 3 is 2.31 bits per heavy atom. The van der Waals surface area contributed by atoms with Gasteiger partial charge in [0.25, 0.3) is 0 Å². The summed E-state index contributed by atoms with van der Waals surface area (Å²) in [4.78, 5) is 1.63. The number of hydrogen-bond donors (Lipinski definition) is 2. The van der Waals surface area contributed by atoms with Gasteiger partial charge in [-0.1, -0.05) is 12.1 Å². The van der Waals surface area contributed by atoms with E-state index in [1.54, 1.807) is 36.2 Å². The summed E-state index contributed by atoms with van der Waals surface area (Å²) < 4.78 is 35.5. The normalized spacial score (nSPS) is 10.6. The maximum Gasteiger partial charge on any atom is 1.00 e. The van der Waals surface area contributed by atoms with Gasteiger partial charge in [0, 0.05) is 6.54 Å². The van der Waals surface area contributed by atoms with E-state index >= 15 is 0 Å². The van der Waals surface area contributed by atoms with Crippen LogP contribution in [0.3, 0.4) is 0 Å². The minimum atomic E-state index is -4.44. The van der Waals surface area contributed by atoms with E-state index in [0.29, 0.717) is 5.75 Å². The molecule has 0 bridgehead atoms. The Morgan fingerprint density at radius 2 is 1.88 bits per heavy atom. The van der Waals surface area contributed by atoms with Gasteiger partial charge in [-0.05, 0) is 17.7 Å². The standard InChI is InChI=1S/C8H12N2O4S.Na/c1-14-8-4-2-7(3-5-8)6-9-10-15(11,12)13;/h2-5,9-10H,6H2,1H3,(H,11,12,13);/q;+1/p-1. The summed E-state index contributed by atoms with van der Waals surface area (Å²) in [5.74, 6) is 0.711. The minimum Gasteiger partial charge on any atom is -0.735 e. The van der Waals surface area contributed by atoms with Crippen molar-refractivity contribution in [3.63, 3.8) is 0 Å². The molecule has 0 heterocycles. The van der Waals surface area contributed by atoms with Crippen molar-refractivity contribution in [2.24, 2.45) is 0 Å². The first-order valence-corrected chi connectivity index (χ1v) is 5.50. The van der Waals surface area contributed by atoms with Crippen LogP contribution in [0.5, 0.6) is 5.75 Å². The predicted octanol–water partition coefficient (Wildman–Crippen LogP) is -3.25. The Hall–Kier alpha value is -0.150. The number of rotatable bonds is 5. The Kier molecular flexibility index (Phi) is 7.16. The molecule has 1 aromatic carbocycles. The molecule has 0 atom stereocenters. The summed E-state index contributed by atoms with van der Waals surface area (Å²) >= 11 is 0. The van der Waals surface area contributed by atoms with Gasteiger partial charge in [-0.25, -0.2) is 13.8 Å². The molecule has 0 unspecified atom stereocenters. The molecule has 0 saturated heterocycles. The summed E-state index contributed by atoms with van der Waals surface area (Å²) in [6.07, 6.45) is 0. The molecule has 8 heteroatoms. The van der Waals surface area contributed by atoms with Gasteiger partial charge in [0.05, 0.1) is 7.11 Å². The van der Waals surface area contributed by atoms with Gasteiger partial charge in [-0.2, -0.15) is 4.83 Å². The third-order valence-corrected chi connectivity index (χ3v) is 2.04.